The van der Waals surface area contributed by atoms with Gasteiger partial charge in [0.25, 0.3) is 0 Å². The first-order valence-corrected chi connectivity index (χ1v) is 8.72. The number of aryl methyl sites for hydroxylation is 1. The van der Waals surface area contributed by atoms with E-state index in [0.717, 1.165) is 6.42 Å². The van der Waals surface area contributed by atoms with Crippen molar-refractivity contribution in [2.75, 3.05) is 13.2 Å². The second-order valence-electron chi connectivity index (χ2n) is 5.32. The summed E-state index contributed by atoms with van der Waals surface area (Å²) in [4.78, 5) is 0.406. The molecule has 0 aliphatic carbocycles. The van der Waals surface area contributed by atoms with E-state index >= 15 is 0 Å². The molecule has 1 aromatic carbocycles. The number of rotatable bonds is 5. The maximum absolute atomic E-state index is 12.5. The summed E-state index contributed by atoms with van der Waals surface area (Å²) in [7, 11) is -3.58. The highest BCUT2D eigenvalue weighted by atomic mass is 32.2. The van der Waals surface area contributed by atoms with Gasteiger partial charge in [-0.15, -0.1) is 0 Å². The lowest BCUT2D eigenvalue weighted by Crippen LogP contribution is -2.32. The Balaban J connectivity index is 2.19. The van der Waals surface area contributed by atoms with Gasteiger partial charge in [0.2, 0.25) is 10.0 Å². The first-order chi connectivity index (χ1) is 9.81. The van der Waals surface area contributed by atoms with E-state index in [1.165, 1.54) is 6.07 Å². The minimum atomic E-state index is -3.58. The van der Waals surface area contributed by atoms with Crippen LogP contribution in [0.1, 0.15) is 24.5 Å². The van der Waals surface area contributed by atoms with E-state index in [9.17, 15) is 8.42 Å². The second kappa shape index (κ2) is 6.39. The van der Waals surface area contributed by atoms with Gasteiger partial charge in [0, 0.05) is 24.6 Å². The molecule has 7 heteroatoms. The van der Waals surface area contributed by atoms with E-state index in [4.69, 9.17) is 22.7 Å². The third-order valence-corrected chi connectivity index (χ3v) is 5.63. The zero-order chi connectivity index (χ0) is 15.6. The highest BCUT2D eigenvalue weighted by Gasteiger charge is 2.26. The lowest BCUT2D eigenvalue weighted by Gasteiger charge is -2.16. The van der Waals surface area contributed by atoms with Gasteiger partial charge in [-0.1, -0.05) is 24.4 Å². The number of thiocarbonyl (C=S) groups is 1. The fraction of sp³-hybridized carbons (Fsp3) is 0.500. The maximum atomic E-state index is 12.5. The SMILES string of the molecule is Cc1ccc(C(N)=S)cc1S(=O)(=O)NCC1CCOC1C. The molecule has 5 nitrogen and oxygen atoms in total. The van der Waals surface area contributed by atoms with Gasteiger partial charge < -0.3 is 10.5 Å². The molecule has 21 heavy (non-hydrogen) atoms. The van der Waals surface area contributed by atoms with Gasteiger partial charge in [-0.2, -0.15) is 0 Å². The molecule has 2 unspecified atom stereocenters. The molecule has 1 saturated heterocycles. The lowest BCUT2D eigenvalue weighted by molar-refractivity contribution is 0.107. The number of ether oxygens (including phenoxy) is 1. The Morgan fingerprint density at radius 2 is 2.24 bits per heavy atom. The van der Waals surface area contributed by atoms with E-state index in [0.29, 0.717) is 24.3 Å². The summed E-state index contributed by atoms with van der Waals surface area (Å²) in [5.41, 5.74) is 6.78. The standard InChI is InChI=1S/C14H20N2O3S2/c1-9-3-4-11(14(15)20)7-13(9)21(17,18)16-8-12-5-6-19-10(12)2/h3-4,7,10,12,16H,5-6,8H2,1-2H3,(H2,15,20). The van der Waals surface area contributed by atoms with Crippen LogP contribution >= 0.6 is 12.2 Å². The summed E-state index contributed by atoms with van der Waals surface area (Å²) in [5.74, 6) is 0.207. The van der Waals surface area contributed by atoms with Crippen molar-refractivity contribution in [1.29, 1.82) is 0 Å². The number of sulfonamides is 1. The molecule has 2 atom stereocenters. The normalized spacial score (nSPS) is 22.4. The molecular formula is C14H20N2O3S2. The zero-order valence-corrected chi connectivity index (χ0v) is 13.8. The monoisotopic (exact) mass is 328 g/mol. The average Bonchev–Trinajstić information content (AvgIpc) is 2.82. The molecule has 1 aliphatic heterocycles. The first-order valence-electron chi connectivity index (χ1n) is 6.83. The highest BCUT2D eigenvalue weighted by Crippen LogP contribution is 2.21. The average molecular weight is 328 g/mol. The Bertz CT molecular complexity index is 644. The van der Waals surface area contributed by atoms with E-state index in [-0.39, 0.29) is 21.9 Å². The van der Waals surface area contributed by atoms with Gasteiger partial charge in [0.15, 0.2) is 0 Å². The highest BCUT2D eigenvalue weighted by molar-refractivity contribution is 7.89. The van der Waals surface area contributed by atoms with Crippen LogP contribution in [0.25, 0.3) is 0 Å². The Morgan fingerprint density at radius 3 is 2.81 bits per heavy atom. The van der Waals surface area contributed by atoms with Gasteiger partial charge in [0.05, 0.1) is 11.0 Å². The van der Waals surface area contributed by atoms with Crippen LogP contribution in [0.3, 0.4) is 0 Å². The summed E-state index contributed by atoms with van der Waals surface area (Å²) in [5, 5.41) is 0. The van der Waals surface area contributed by atoms with Crippen molar-refractivity contribution in [2.45, 2.75) is 31.3 Å². The third kappa shape index (κ3) is 3.79. The molecule has 0 amide bonds. The van der Waals surface area contributed by atoms with Gasteiger partial charge >= 0.3 is 0 Å². The third-order valence-electron chi connectivity index (χ3n) is 3.83. The van der Waals surface area contributed by atoms with Crippen molar-refractivity contribution < 1.29 is 13.2 Å². The number of benzene rings is 1. The van der Waals surface area contributed by atoms with E-state index in [2.05, 4.69) is 4.72 Å². The maximum Gasteiger partial charge on any atom is 0.240 e. The number of hydrogen-bond donors (Lipinski definition) is 2. The quantitative estimate of drug-likeness (QED) is 0.797. The lowest BCUT2D eigenvalue weighted by atomic mass is 10.0. The molecule has 0 bridgehead atoms. The zero-order valence-electron chi connectivity index (χ0n) is 12.1. The fourth-order valence-corrected chi connectivity index (χ4v) is 3.87. The van der Waals surface area contributed by atoms with Crippen LogP contribution in [0.4, 0.5) is 0 Å². The van der Waals surface area contributed by atoms with Crippen molar-refractivity contribution in [3.63, 3.8) is 0 Å². The second-order valence-corrected chi connectivity index (χ2v) is 7.50. The minimum Gasteiger partial charge on any atom is -0.389 e. The van der Waals surface area contributed by atoms with Crippen LogP contribution in [-0.2, 0) is 14.8 Å². The van der Waals surface area contributed by atoms with Gasteiger partial charge in [-0.25, -0.2) is 13.1 Å². The van der Waals surface area contributed by atoms with E-state index in [1.54, 1.807) is 19.1 Å². The Kier molecular flexibility index (Phi) is 4.98. The van der Waals surface area contributed by atoms with Gasteiger partial charge in [0.1, 0.15) is 4.99 Å². The Hall–Kier alpha value is -1.02. The summed E-state index contributed by atoms with van der Waals surface area (Å²) < 4.78 is 33.0. The van der Waals surface area contributed by atoms with Crippen LogP contribution in [0.5, 0.6) is 0 Å². The van der Waals surface area contributed by atoms with Crippen LogP contribution in [0, 0.1) is 12.8 Å². The molecule has 3 N–H and O–H groups in total. The minimum absolute atomic E-state index is 0.0803. The Labute approximate surface area is 130 Å². The summed E-state index contributed by atoms with van der Waals surface area (Å²) in [6, 6.07) is 4.96. The van der Waals surface area contributed by atoms with Gasteiger partial charge in [-0.05, 0) is 31.9 Å². The molecule has 116 valence electrons. The molecule has 1 aromatic rings. The van der Waals surface area contributed by atoms with Gasteiger partial charge in [-0.3, -0.25) is 0 Å². The molecule has 0 spiro atoms. The predicted molar refractivity (Wildman–Crippen MR) is 85.8 cm³/mol. The molecule has 1 fully saturated rings. The summed E-state index contributed by atoms with van der Waals surface area (Å²) in [6.07, 6.45) is 0.951. The molecule has 1 heterocycles. The first kappa shape index (κ1) is 16.4. The largest absolute Gasteiger partial charge is 0.389 e. The van der Waals surface area contributed by atoms with Crippen molar-refractivity contribution in [1.82, 2.24) is 4.72 Å². The number of hydrogen-bond acceptors (Lipinski definition) is 4. The molecule has 1 aliphatic rings. The van der Waals surface area contributed by atoms with Crippen LogP contribution in [0.2, 0.25) is 0 Å². The number of nitrogens with two attached hydrogens (primary N) is 1. The van der Waals surface area contributed by atoms with E-state index in [1.807, 2.05) is 6.92 Å². The predicted octanol–water partition coefficient (Wildman–Crippen LogP) is 1.33. The molecular weight excluding hydrogens is 308 g/mol. The van der Waals surface area contributed by atoms with Crippen molar-refractivity contribution >= 4 is 27.2 Å². The smallest absolute Gasteiger partial charge is 0.240 e. The van der Waals surface area contributed by atoms with Crippen molar-refractivity contribution in [3.05, 3.63) is 29.3 Å². The molecule has 0 aromatic heterocycles. The summed E-state index contributed by atoms with van der Waals surface area (Å²) >= 11 is 4.90. The number of nitrogens with one attached hydrogen (secondary N) is 1. The van der Waals surface area contributed by atoms with Crippen LogP contribution in [0.15, 0.2) is 23.1 Å². The fourth-order valence-electron chi connectivity index (χ4n) is 2.38. The van der Waals surface area contributed by atoms with Crippen molar-refractivity contribution in [3.8, 4) is 0 Å². The molecule has 0 radical (unpaired) electrons. The molecule has 2 rings (SSSR count). The Morgan fingerprint density at radius 1 is 1.52 bits per heavy atom. The summed E-state index contributed by atoms with van der Waals surface area (Å²) in [6.45, 7) is 4.77. The van der Waals surface area contributed by atoms with Crippen LogP contribution in [-0.4, -0.2) is 32.7 Å². The molecule has 0 saturated carbocycles. The topological polar surface area (TPSA) is 81.4 Å². The van der Waals surface area contributed by atoms with Crippen LogP contribution < -0.4 is 10.5 Å². The van der Waals surface area contributed by atoms with E-state index < -0.39 is 10.0 Å². The van der Waals surface area contributed by atoms with Crippen molar-refractivity contribution in [2.24, 2.45) is 11.7 Å².